The van der Waals surface area contributed by atoms with Crippen LogP contribution in [0.1, 0.15) is 18.7 Å². The van der Waals surface area contributed by atoms with Gasteiger partial charge in [0.25, 0.3) is 0 Å². The number of nitrogens with one attached hydrogen (secondary N) is 1. The average molecular weight is 362 g/mol. The second kappa shape index (κ2) is 10.1. The third-order valence-corrected chi connectivity index (χ3v) is 4.98. The van der Waals surface area contributed by atoms with Crippen LogP contribution in [-0.2, 0) is 6.54 Å². The molecule has 0 aliphatic rings. The van der Waals surface area contributed by atoms with E-state index >= 15 is 0 Å². The summed E-state index contributed by atoms with van der Waals surface area (Å²) in [6.07, 6.45) is 0. The Morgan fingerprint density at radius 2 is 1.96 bits per heavy atom. The predicted octanol–water partition coefficient (Wildman–Crippen LogP) is 4.13. The average Bonchev–Trinajstić information content (AvgIpc) is 3.14. The molecule has 0 saturated carbocycles. The Kier molecular flexibility index (Phi) is 7.76. The number of nitrogens with zero attached hydrogens (tertiary/aromatic N) is 2. The summed E-state index contributed by atoms with van der Waals surface area (Å²) in [7, 11) is 1.62. The highest BCUT2D eigenvalue weighted by molar-refractivity contribution is 7.09. The summed E-state index contributed by atoms with van der Waals surface area (Å²) in [4.78, 5) is 18.2. The number of methoxy groups -OCH3 is 1. The maximum absolute atomic E-state index is 12.8. The van der Waals surface area contributed by atoms with Crippen LogP contribution in [0, 0.1) is 0 Å². The van der Waals surface area contributed by atoms with E-state index in [0.717, 1.165) is 31.1 Å². The Bertz CT molecular complexity index is 642. The van der Waals surface area contributed by atoms with Gasteiger partial charge in [0.2, 0.25) is 0 Å². The highest BCUT2D eigenvalue weighted by Crippen LogP contribution is 2.18. The number of ether oxygens (including phenoxy) is 1. The zero-order valence-corrected chi connectivity index (χ0v) is 16.0. The predicted molar refractivity (Wildman–Crippen MR) is 105 cm³/mol. The van der Waals surface area contributed by atoms with Gasteiger partial charge in [-0.05, 0) is 36.7 Å². The summed E-state index contributed by atoms with van der Waals surface area (Å²) in [5.74, 6) is 0.728. The van der Waals surface area contributed by atoms with Gasteiger partial charge in [0.05, 0.1) is 13.7 Å². The summed E-state index contributed by atoms with van der Waals surface area (Å²) < 4.78 is 5.22. The lowest BCUT2D eigenvalue weighted by atomic mass is 10.3. The Hall–Kier alpha value is -2.05. The maximum Gasteiger partial charge on any atom is 0.322 e. The highest BCUT2D eigenvalue weighted by atomic mass is 32.1. The first-order valence-corrected chi connectivity index (χ1v) is 9.49. The molecule has 25 heavy (non-hydrogen) atoms. The quantitative estimate of drug-likeness (QED) is 0.730. The van der Waals surface area contributed by atoms with E-state index in [1.54, 1.807) is 18.4 Å². The summed E-state index contributed by atoms with van der Waals surface area (Å²) in [5.41, 5.74) is 0.739. The van der Waals surface area contributed by atoms with Crippen molar-refractivity contribution in [2.75, 3.05) is 38.6 Å². The SMILES string of the molecule is CCN(CC)CCN(Cc1cccs1)C(=O)Nc1cccc(OC)c1. The molecule has 0 fully saturated rings. The van der Waals surface area contributed by atoms with Crippen molar-refractivity contribution in [1.29, 1.82) is 0 Å². The van der Waals surface area contributed by atoms with Crippen molar-refractivity contribution >= 4 is 23.1 Å². The smallest absolute Gasteiger partial charge is 0.322 e. The summed E-state index contributed by atoms with van der Waals surface area (Å²) in [6, 6.07) is 11.4. The maximum atomic E-state index is 12.8. The lowest BCUT2D eigenvalue weighted by molar-refractivity contribution is 0.195. The lowest BCUT2D eigenvalue weighted by Gasteiger charge is -2.26. The second-order valence-electron chi connectivity index (χ2n) is 5.69. The number of urea groups is 1. The normalized spacial score (nSPS) is 10.7. The van der Waals surface area contributed by atoms with Gasteiger partial charge in [0.15, 0.2) is 0 Å². The minimum absolute atomic E-state index is 0.0891. The molecule has 0 spiro atoms. The van der Waals surface area contributed by atoms with Crippen molar-refractivity contribution < 1.29 is 9.53 Å². The van der Waals surface area contributed by atoms with E-state index < -0.39 is 0 Å². The van der Waals surface area contributed by atoms with E-state index in [0.29, 0.717) is 13.1 Å². The van der Waals surface area contributed by atoms with Crippen LogP contribution in [0.25, 0.3) is 0 Å². The van der Waals surface area contributed by atoms with Gasteiger partial charge in [-0.1, -0.05) is 26.0 Å². The van der Waals surface area contributed by atoms with Gasteiger partial charge < -0.3 is 19.9 Å². The van der Waals surface area contributed by atoms with E-state index in [9.17, 15) is 4.79 Å². The number of thiophene rings is 1. The number of anilines is 1. The lowest BCUT2D eigenvalue weighted by Crippen LogP contribution is -2.40. The van der Waals surface area contributed by atoms with Crippen LogP contribution in [0.2, 0.25) is 0 Å². The third kappa shape index (κ3) is 6.07. The number of benzene rings is 1. The number of rotatable bonds is 9. The second-order valence-corrected chi connectivity index (χ2v) is 6.72. The van der Waals surface area contributed by atoms with Crippen LogP contribution in [0.3, 0.4) is 0 Å². The number of carbonyl (C=O) groups excluding carboxylic acids is 1. The fourth-order valence-electron chi connectivity index (χ4n) is 2.55. The van der Waals surface area contributed by atoms with Gasteiger partial charge in [0.1, 0.15) is 5.75 Å². The van der Waals surface area contributed by atoms with E-state index in [4.69, 9.17) is 4.74 Å². The van der Waals surface area contributed by atoms with Crippen LogP contribution >= 0.6 is 11.3 Å². The number of hydrogen-bond acceptors (Lipinski definition) is 4. The van der Waals surface area contributed by atoms with Gasteiger partial charge in [-0.25, -0.2) is 4.79 Å². The molecule has 6 heteroatoms. The Morgan fingerprint density at radius 3 is 2.60 bits per heavy atom. The molecule has 0 atom stereocenters. The van der Waals surface area contributed by atoms with Crippen LogP contribution in [-0.4, -0.2) is 49.1 Å². The molecule has 0 bridgehead atoms. The van der Waals surface area contributed by atoms with E-state index in [2.05, 4.69) is 30.1 Å². The number of likely N-dealkylation sites (N-methyl/N-ethyl adjacent to an activating group) is 1. The summed E-state index contributed by atoms with van der Waals surface area (Å²) in [6.45, 7) is 8.43. The first kappa shape index (κ1) is 19.3. The van der Waals surface area contributed by atoms with Gasteiger partial charge in [-0.3, -0.25) is 0 Å². The molecule has 1 heterocycles. The van der Waals surface area contributed by atoms with Crippen molar-refractivity contribution in [2.45, 2.75) is 20.4 Å². The standard InChI is InChI=1S/C19H27N3O2S/c1-4-21(5-2)11-12-22(15-18-10-7-13-25-18)19(23)20-16-8-6-9-17(14-16)24-3/h6-10,13-14H,4-5,11-12,15H2,1-3H3,(H,20,23). The largest absolute Gasteiger partial charge is 0.497 e. The van der Waals surface area contributed by atoms with Gasteiger partial charge in [-0.15, -0.1) is 11.3 Å². The molecule has 2 aromatic rings. The van der Waals surface area contributed by atoms with Crippen LogP contribution in [0.5, 0.6) is 5.75 Å². The van der Waals surface area contributed by atoms with Crippen LogP contribution in [0.4, 0.5) is 10.5 Å². The Morgan fingerprint density at radius 1 is 1.16 bits per heavy atom. The third-order valence-electron chi connectivity index (χ3n) is 4.12. The molecule has 5 nitrogen and oxygen atoms in total. The topological polar surface area (TPSA) is 44.8 Å². The van der Waals surface area contributed by atoms with Crippen molar-refractivity contribution in [3.8, 4) is 5.75 Å². The molecular formula is C19H27N3O2S. The molecule has 2 amide bonds. The summed E-state index contributed by atoms with van der Waals surface area (Å²) >= 11 is 1.67. The first-order chi connectivity index (χ1) is 12.2. The monoisotopic (exact) mass is 361 g/mol. The van der Waals surface area contributed by atoms with Gasteiger partial charge in [-0.2, -0.15) is 0 Å². The fraction of sp³-hybridized carbons (Fsp3) is 0.421. The Balaban J connectivity index is 2.05. The highest BCUT2D eigenvalue weighted by Gasteiger charge is 2.16. The van der Waals surface area contributed by atoms with E-state index in [-0.39, 0.29) is 6.03 Å². The van der Waals surface area contributed by atoms with Crippen molar-refractivity contribution in [3.05, 3.63) is 46.7 Å². The minimum atomic E-state index is -0.0891. The zero-order valence-electron chi connectivity index (χ0n) is 15.2. The molecule has 136 valence electrons. The minimum Gasteiger partial charge on any atom is -0.497 e. The molecule has 0 radical (unpaired) electrons. The number of hydrogen-bond donors (Lipinski definition) is 1. The molecule has 1 aromatic heterocycles. The van der Waals surface area contributed by atoms with Crippen LogP contribution < -0.4 is 10.1 Å². The Labute approximate surface area is 154 Å². The molecule has 0 saturated heterocycles. The van der Waals surface area contributed by atoms with Crippen molar-refractivity contribution in [2.24, 2.45) is 0 Å². The number of amides is 2. The van der Waals surface area contributed by atoms with Gasteiger partial charge in [0, 0.05) is 29.7 Å². The molecule has 2 rings (SSSR count). The van der Waals surface area contributed by atoms with Crippen molar-refractivity contribution in [1.82, 2.24) is 9.80 Å². The van der Waals surface area contributed by atoms with E-state index in [1.165, 1.54) is 4.88 Å². The molecular weight excluding hydrogens is 334 g/mol. The molecule has 1 N–H and O–H groups in total. The molecule has 0 aliphatic carbocycles. The summed E-state index contributed by atoms with van der Waals surface area (Å²) in [5, 5.41) is 5.02. The number of carbonyl (C=O) groups is 1. The van der Waals surface area contributed by atoms with Crippen LogP contribution in [0.15, 0.2) is 41.8 Å². The molecule has 0 unspecified atom stereocenters. The zero-order chi connectivity index (χ0) is 18.1. The first-order valence-electron chi connectivity index (χ1n) is 8.61. The van der Waals surface area contributed by atoms with Gasteiger partial charge >= 0.3 is 6.03 Å². The van der Waals surface area contributed by atoms with Crippen molar-refractivity contribution in [3.63, 3.8) is 0 Å². The molecule has 0 aliphatic heterocycles. The molecule has 1 aromatic carbocycles. The van der Waals surface area contributed by atoms with E-state index in [1.807, 2.05) is 40.6 Å². The fourth-order valence-corrected chi connectivity index (χ4v) is 3.27.